The summed E-state index contributed by atoms with van der Waals surface area (Å²) in [5.41, 5.74) is 3.25. The number of anilines is 1. The third-order valence-corrected chi connectivity index (χ3v) is 4.29. The number of aryl methyl sites for hydroxylation is 1. The first kappa shape index (κ1) is 17.6. The highest BCUT2D eigenvalue weighted by molar-refractivity contribution is 6.04. The summed E-state index contributed by atoms with van der Waals surface area (Å²) in [5, 5.41) is 14.1. The second-order valence-electron chi connectivity index (χ2n) is 6.28. The van der Waals surface area contributed by atoms with Gasteiger partial charge in [0.1, 0.15) is 18.5 Å². The van der Waals surface area contributed by atoms with Crippen LogP contribution < -0.4 is 5.32 Å². The number of aromatic nitrogens is 6. The van der Waals surface area contributed by atoms with Crippen molar-refractivity contribution in [2.45, 2.75) is 19.9 Å². The Balaban J connectivity index is 1.40. The number of carbonyl (C=O) groups excluding carboxylic acids is 1. The molecule has 28 heavy (non-hydrogen) atoms. The van der Waals surface area contributed by atoms with E-state index in [4.69, 9.17) is 0 Å². The molecule has 4 aromatic rings. The van der Waals surface area contributed by atoms with E-state index in [-0.39, 0.29) is 5.91 Å². The highest BCUT2D eigenvalue weighted by Crippen LogP contribution is 2.17. The van der Waals surface area contributed by atoms with Gasteiger partial charge in [0, 0.05) is 23.2 Å². The fourth-order valence-corrected chi connectivity index (χ4v) is 2.75. The first-order chi connectivity index (χ1) is 13.7. The Morgan fingerprint density at radius 1 is 1.11 bits per heavy atom. The molecular formula is C20H19N7O. The van der Waals surface area contributed by atoms with Gasteiger partial charge in [-0.1, -0.05) is 31.2 Å². The number of hydrogen-bond donors (Lipinski definition) is 2. The molecule has 2 aromatic carbocycles. The van der Waals surface area contributed by atoms with Gasteiger partial charge in [0.25, 0.3) is 5.91 Å². The maximum Gasteiger partial charge on any atom is 0.255 e. The van der Waals surface area contributed by atoms with Crippen molar-refractivity contribution >= 4 is 11.6 Å². The zero-order valence-electron chi connectivity index (χ0n) is 15.3. The molecule has 0 fully saturated rings. The normalized spacial score (nSPS) is 10.8. The Morgan fingerprint density at radius 2 is 1.89 bits per heavy atom. The van der Waals surface area contributed by atoms with Crippen LogP contribution in [0, 0.1) is 0 Å². The monoisotopic (exact) mass is 373 g/mol. The van der Waals surface area contributed by atoms with Gasteiger partial charge >= 0.3 is 0 Å². The van der Waals surface area contributed by atoms with Gasteiger partial charge in [-0.25, -0.2) is 14.6 Å². The quantitative estimate of drug-likeness (QED) is 0.541. The number of rotatable bonds is 6. The average molecular weight is 373 g/mol. The predicted molar refractivity (Wildman–Crippen MR) is 105 cm³/mol. The summed E-state index contributed by atoms with van der Waals surface area (Å²) in [5.74, 6) is 1.30. The molecule has 0 atom stereocenters. The second-order valence-corrected chi connectivity index (χ2v) is 6.28. The molecule has 0 aliphatic carbocycles. The molecule has 8 heteroatoms. The van der Waals surface area contributed by atoms with Crippen molar-refractivity contribution in [3.05, 3.63) is 78.1 Å². The Labute approximate surface area is 161 Å². The van der Waals surface area contributed by atoms with Crippen LogP contribution in [0.25, 0.3) is 11.4 Å². The van der Waals surface area contributed by atoms with Crippen LogP contribution in [0.2, 0.25) is 0 Å². The minimum Gasteiger partial charge on any atom is -0.322 e. The summed E-state index contributed by atoms with van der Waals surface area (Å²) in [6, 6.07) is 14.9. The maximum absolute atomic E-state index is 12.5. The van der Waals surface area contributed by atoms with Crippen LogP contribution in [0.3, 0.4) is 0 Å². The van der Waals surface area contributed by atoms with Gasteiger partial charge in [0.2, 0.25) is 0 Å². The molecule has 2 heterocycles. The van der Waals surface area contributed by atoms with Gasteiger partial charge in [-0.3, -0.25) is 9.89 Å². The number of aromatic amines is 1. The van der Waals surface area contributed by atoms with Gasteiger partial charge in [0.05, 0.1) is 6.54 Å². The van der Waals surface area contributed by atoms with E-state index < -0.39 is 0 Å². The van der Waals surface area contributed by atoms with Crippen LogP contribution in [-0.4, -0.2) is 35.9 Å². The summed E-state index contributed by atoms with van der Waals surface area (Å²) in [6.07, 6.45) is 3.97. The molecule has 0 bridgehead atoms. The van der Waals surface area contributed by atoms with Crippen molar-refractivity contribution in [1.82, 2.24) is 29.9 Å². The Bertz CT molecular complexity index is 1050. The Kier molecular flexibility index (Phi) is 4.92. The SMILES string of the molecule is CCc1nc(-c2ccc(C(=O)Nc3ccc(Cn4cncn4)cc3)cc2)n[nH]1. The van der Waals surface area contributed by atoms with Crippen molar-refractivity contribution in [2.75, 3.05) is 5.32 Å². The molecule has 0 aliphatic heterocycles. The highest BCUT2D eigenvalue weighted by atomic mass is 16.1. The minimum absolute atomic E-state index is 0.167. The molecule has 0 radical (unpaired) electrons. The number of hydrogen-bond acceptors (Lipinski definition) is 5. The van der Waals surface area contributed by atoms with E-state index in [1.54, 1.807) is 23.1 Å². The number of nitrogens with one attached hydrogen (secondary N) is 2. The molecule has 0 unspecified atom stereocenters. The largest absolute Gasteiger partial charge is 0.322 e. The maximum atomic E-state index is 12.5. The first-order valence-corrected chi connectivity index (χ1v) is 8.95. The standard InChI is InChI=1S/C20H19N7O/c1-2-18-24-19(26-25-18)15-5-7-16(8-6-15)20(28)23-17-9-3-14(4-10-17)11-27-13-21-12-22-27/h3-10,12-13H,2,11H2,1H3,(H,23,28)(H,24,25,26). The lowest BCUT2D eigenvalue weighted by Gasteiger charge is -2.07. The van der Waals surface area contributed by atoms with Crippen LogP contribution in [0.5, 0.6) is 0 Å². The zero-order chi connectivity index (χ0) is 19.3. The average Bonchev–Trinajstić information content (AvgIpc) is 3.41. The van der Waals surface area contributed by atoms with E-state index >= 15 is 0 Å². The van der Waals surface area contributed by atoms with E-state index in [1.165, 1.54) is 6.33 Å². The van der Waals surface area contributed by atoms with Crippen molar-refractivity contribution in [3.8, 4) is 11.4 Å². The van der Waals surface area contributed by atoms with Crippen LogP contribution in [0.1, 0.15) is 28.7 Å². The molecular weight excluding hydrogens is 354 g/mol. The third-order valence-electron chi connectivity index (χ3n) is 4.29. The first-order valence-electron chi connectivity index (χ1n) is 8.95. The molecule has 0 saturated heterocycles. The number of benzene rings is 2. The molecule has 0 aliphatic rings. The Morgan fingerprint density at radius 3 is 2.54 bits per heavy atom. The summed E-state index contributed by atoms with van der Waals surface area (Å²) < 4.78 is 1.74. The van der Waals surface area contributed by atoms with Crippen LogP contribution in [0.15, 0.2) is 61.2 Å². The van der Waals surface area contributed by atoms with E-state index in [2.05, 4.69) is 30.6 Å². The number of H-pyrrole nitrogens is 1. The van der Waals surface area contributed by atoms with Gasteiger partial charge in [-0.2, -0.15) is 10.2 Å². The van der Waals surface area contributed by atoms with Crippen molar-refractivity contribution < 1.29 is 4.79 Å². The summed E-state index contributed by atoms with van der Waals surface area (Å²) in [6.45, 7) is 2.65. The van der Waals surface area contributed by atoms with E-state index in [0.717, 1.165) is 29.1 Å². The van der Waals surface area contributed by atoms with Crippen molar-refractivity contribution in [3.63, 3.8) is 0 Å². The lowest BCUT2D eigenvalue weighted by molar-refractivity contribution is 0.102. The number of amides is 1. The molecule has 1 amide bonds. The smallest absolute Gasteiger partial charge is 0.255 e. The van der Waals surface area contributed by atoms with E-state index in [9.17, 15) is 4.79 Å². The van der Waals surface area contributed by atoms with E-state index in [1.807, 2.05) is 43.3 Å². The van der Waals surface area contributed by atoms with Gasteiger partial charge in [-0.15, -0.1) is 0 Å². The second kappa shape index (κ2) is 7.83. The van der Waals surface area contributed by atoms with Gasteiger partial charge in [0.15, 0.2) is 5.82 Å². The van der Waals surface area contributed by atoms with Crippen molar-refractivity contribution in [2.24, 2.45) is 0 Å². The lowest BCUT2D eigenvalue weighted by atomic mass is 10.1. The molecule has 8 nitrogen and oxygen atoms in total. The summed E-state index contributed by atoms with van der Waals surface area (Å²) in [4.78, 5) is 20.8. The number of nitrogens with zero attached hydrogens (tertiary/aromatic N) is 5. The minimum atomic E-state index is -0.167. The van der Waals surface area contributed by atoms with E-state index in [0.29, 0.717) is 17.9 Å². The summed E-state index contributed by atoms with van der Waals surface area (Å²) >= 11 is 0. The third kappa shape index (κ3) is 3.96. The van der Waals surface area contributed by atoms with Crippen molar-refractivity contribution in [1.29, 1.82) is 0 Å². The lowest BCUT2D eigenvalue weighted by Crippen LogP contribution is -2.11. The molecule has 2 N–H and O–H groups in total. The van der Waals surface area contributed by atoms with Crippen LogP contribution in [-0.2, 0) is 13.0 Å². The van der Waals surface area contributed by atoms with Gasteiger partial charge < -0.3 is 5.32 Å². The fourth-order valence-electron chi connectivity index (χ4n) is 2.75. The van der Waals surface area contributed by atoms with Crippen LogP contribution >= 0.6 is 0 Å². The number of carbonyl (C=O) groups is 1. The molecule has 4 rings (SSSR count). The predicted octanol–water partition coefficient (Wildman–Crippen LogP) is 2.93. The molecule has 2 aromatic heterocycles. The zero-order valence-corrected chi connectivity index (χ0v) is 15.3. The molecule has 0 spiro atoms. The Hall–Kier alpha value is -3.81. The topological polar surface area (TPSA) is 101 Å². The molecule has 0 saturated carbocycles. The summed E-state index contributed by atoms with van der Waals surface area (Å²) in [7, 11) is 0. The highest BCUT2D eigenvalue weighted by Gasteiger charge is 2.09. The van der Waals surface area contributed by atoms with Gasteiger partial charge in [-0.05, 0) is 29.8 Å². The fraction of sp³-hybridized carbons (Fsp3) is 0.150. The molecule has 140 valence electrons. The van der Waals surface area contributed by atoms with Crippen LogP contribution in [0.4, 0.5) is 5.69 Å².